The fourth-order valence-corrected chi connectivity index (χ4v) is 4.02. The number of hydrogen-bond donors (Lipinski definition) is 1. The van der Waals surface area contributed by atoms with E-state index in [9.17, 15) is 10.1 Å². The van der Waals surface area contributed by atoms with E-state index in [4.69, 9.17) is 4.74 Å². The summed E-state index contributed by atoms with van der Waals surface area (Å²) in [6, 6.07) is 15.0. The Morgan fingerprint density at radius 1 is 1.12 bits per heavy atom. The fraction of sp³-hybridized carbons (Fsp3) is 0.217. The molecular weight excluding hydrogens is 408 g/mol. The van der Waals surface area contributed by atoms with Gasteiger partial charge in [-0.3, -0.25) is 10.1 Å². The van der Waals surface area contributed by atoms with Crippen molar-refractivity contribution in [3.05, 3.63) is 71.0 Å². The topological polar surface area (TPSA) is 98.4 Å². The highest BCUT2D eigenvalue weighted by Crippen LogP contribution is 2.31. The SMILES string of the molecule is Cn1cc(-c2ccnc(Nc3cc(N4CCOCC4)cc([N+](=O)[O-])c3)n2)c2ccccc21. The molecule has 9 nitrogen and oxygen atoms in total. The first-order valence-electron chi connectivity index (χ1n) is 10.4. The van der Waals surface area contributed by atoms with Crippen LogP contribution in [0.25, 0.3) is 22.2 Å². The number of ether oxygens (including phenoxy) is 1. The van der Waals surface area contributed by atoms with E-state index in [0.29, 0.717) is 37.9 Å². The number of nitrogens with zero attached hydrogens (tertiary/aromatic N) is 5. The maximum Gasteiger partial charge on any atom is 0.273 e. The van der Waals surface area contributed by atoms with Gasteiger partial charge in [-0.15, -0.1) is 0 Å². The van der Waals surface area contributed by atoms with Gasteiger partial charge in [0.25, 0.3) is 5.69 Å². The number of fused-ring (bicyclic) bond motifs is 1. The van der Waals surface area contributed by atoms with Crippen molar-refractivity contribution in [2.24, 2.45) is 7.05 Å². The molecule has 1 aliphatic heterocycles. The molecule has 0 spiro atoms. The zero-order valence-corrected chi connectivity index (χ0v) is 17.6. The van der Waals surface area contributed by atoms with Crippen LogP contribution in [0.3, 0.4) is 0 Å². The van der Waals surface area contributed by atoms with Crippen LogP contribution in [0.4, 0.5) is 23.0 Å². The second-order valence-corrected chi connectivity index (χ2v) is 7.66. The molecule has 32 heavy (non-hydrogen) atoms. The molecule has 1 saturated heterocycles. The minimum atomic E-state index is -0.386. The first-order chi connectivity index (χ1) is 15.6. The number of hydrogen-bond acceptors (Lipinski definition) is 7. The van der Waals surface area contributed by atoms with Gasteiger partial charge < -0.3 is 19.5 Å². The van der Waals surface area contributed by atoms with Crippen molar-refractivity contribution < 1.29 is 9.66 Å². The quantitative estimate of drug-likeness (QED) is 0.376. The summed E-state index contributed by atoms with van der Waals surface area (Å²) >= 11 is 0. The maximum atomic E-state index is 11.5. The van der Waals surface area contributed by atoms with E-state index in [1.807, 2.05) is 37.5 Å². The Kier molecular flexibility index (Phi) is 5.16. The van der Waals surface area contributed by atoms with Gasteiger partial charge in [0.05, 0.1) is 23.8 Å². The molecule has 162 valence electrons. The van der Waals surface area contributed by atoms with E-state index in [0.717, 1.165) is 27.8 Å². The lowest BCUT2D eigenvalue weighted by molar-refractivity contribution is -0.384. The summed E-state index contributed by atoms with van der Waals surface area (Å²) in [4.78, 5) is 22.2. The Bertz CT molecular complexity index is 1300. The molecule has 0 amide bonds. The largest absolute Gasteiger partial charge is 0.378 e. The molecule has 2 aromatic heterocycles. The minimum absolute atomic E-state index is 0.0155. The van der Waals surface area contributed by atoms with Gasteiger partial charge in [0.1, 0.15) is 0 Å². The van der Waals surface area contributed by atoms with Gasteiger partial charge in [-0.1, -0.05) is 18.2 Å². The molecule has 0 radical (unpaired) electrons. The van der Waals surface area contributed by atoms with Crippen molar-refractivity contribution in [2.75, 3.05) is 36.5 Å². The van der Waals surface area contributed by atoms with Crippen molar-refractivity contribution >= 4 is 33.9 Å². The van der Waals surface area contributed by atoms with Crippen molar-refractivity contribution in [3.8, 4) is 11.3 Å². The number of nitro groups is 1. The summed E-state index contributed by atoms with van der Waals surface area (Å²) in [7, 11) is 2.00. The minimum Gasteiger partial charge on any atom is -0.378 e. The number of morpholine rings is 1. The lowest BCUT2D eigenvalue weighted by Crippen LogP contribution is -2.36. The summed E-state index contributed by atoms with van der Waals surface area (Å²) < 4.78 is 7.46. The van der Waals surface area contributed by atoms with Crippen LogP contribution in [0.1, 0.15) is 0 Å². The summed E-state index contributed by atoms with van der Waals surface area (Å²) in [5.74, 6) is 0.379. The van der Waals surface area contributed by atoms with Crippen LogP contribution < -0.4 is 10.2 Å². The van der Waals surface area contributed by atoms with Gasteiger partial charge in [-0.25, -0.2) is 9.97 Å². The van der Waals surface area contributed by atoms with Crippen LogP contribution in [0.5, 0.6) is 0 Å². The zero-order valence-electron chi connectivity index (χ0n) is 17.6. The van der Waals surface area contributed by atoms with Crippen LogP contribution in [0.2, 0.25) is 0 Å². The second kappa shape index (κ2) is 8.27. The smallest absolute Gasteiger partial charge is 0.273 e. The summed E-state index contributed by atoms with van der Waals surface area (Å²) in [5.41, 5.74) is 4.25. The number of aryl methyl sites for hydroxylation is 1. The molecule has 1 N–H and O–H groups in total. The standard InChI is InChI=1S/C23H22N6O3/c1-27-15-20(19-4-2-3-5-22(19)27)21-6-7-24-23(26-21)25-16-12-17(14-18(13-16)29(30)31)28-8-10-32-11-9-28/h2-7,12-15H,8-11H2,1H3,(H,24,25,26). The van der Waals surface area contributed by atoms with Gasteiger partial charge in [0.15, 0.2) is 0 Å². The Labute approximate surface area is 184 Å². The highest BCUT2D eigenvalue weighted by atomic mass is 16.6. The number of nitrogens with one attached hydrogen (secondary N) is 1. The van der Waals surface area contributed by atoms with Crippen molar-refractivity contribution in [3.63, 3.8) is 0 Å². The Balaban J connectivity index is 1.49. The number of para-hydroxylation sites is 1. The normalized spacial score (nSPS) is 14.0. The van der Waals surface area contributed by atoms with Crippen LogP contribution in [-0.2, 0) is 11.8 Å². The molecule has 3 heterocycles. The lowest BCUT2D eigenvalue weighted by Gasteiger charge is -2.29. The van der Waals surface area contributed by atoms with Gasteiger partial charge in [0, 0.05) is 72.5 Å². The monoisotopic (exact) mass is 430 g/mol. The van der Waals surface area contributed by atoms with E-state index in [-0.39, 0.29) is 10.6 Å². The number of benzene rings is 2. The van der Waals surface area contributed by atoms with Gasteiger partial charge in [0.2, 0.25) is 5.95 Å². The molecule has 0 aliphatic carbocycles. The van der Waals surface area contributed by atoms with Gasteiger partial charge >= 0.3 is 0 Å². The molecule has 0 saturated carbocycles. The zero-order chi connectivity index (χ0) is 22.1. The number of nitro benzene ring substituents is 1. The van der Waals surface area contributed by atoms with E-state index >= 15 is 0 Å². The van der Waals surface area contributed by atoms with E-state index in [2.05, 4.69) is 36.9 Å². The molecule has 1 aliphatic rings. The molecule has 0 atom stereocenters. The summed E-state index contributed by atoms with van der Waals surface area (Å²) in [6.45, 7) is 2.57. The fourth-order valence-electron chi connectivity index (χ4n) is 4.02. The van der Waals surface area contributed by atoms with Crippen LogP contribution in [0.15, 0.2) is 60.9 Å². The van der Waals surface area contributed by atoms with Crippen LogP contribution in [-0.4, -0.2) is 45.8 Å². The average molecular weight is 430 g/mol. The molecule has 1 fully saturated rings. The number of rotatable bonds is 5. The van der Waals surface area contributed by atoms with E-state index in [1.165, 1.54) is 6.07 Å². The highest BCUT2D eigenvalue weighted by Gasteiger charge is 2.17. The molecular formula is C23H22N6O3. The predicted octanol–water partition coefficient (Wildman–Crippen LogP) is 4.12. The second-order valence-electron chi connectivity index (χ2n) is 7.66. The average Bonchev–Trinajstić information content (AvgIpc) is 3.16. The Morgan fingerprint density at radius 2 is 1.94 bits per heavy atom. The lowest BCUT2D eigenvalue weighted by atomic mass is 10.1. The highest BCUT2D eigenvalue weighted by molar-refractivity contribution is 5.95. The molecule has 2 aromatic carbocycles. The Morgan fingerprint density at radius 3 is 2.75 bits per heavy atom. The van der Waals surface area contributed by atoms with Crippen LogP contribution in [0, 0.1) is 10.1 Å². The molecule has 0 bridgehead atoms. The van der Waals surface area contributed by atoms with Crippen molar-refractivity contribution in [1.29, 1.82) is 0 Å². The van der Waals surface area contributed by atoms with E-state index in [1.54, 1.807) is 12.3 Å². The molecule has 9 heteroatoms. The van der Waals surface area contributed by atoms with Crippen molar-refractivity contribution in [2.45, 2.75) is 0 Å². The third-order valence-electron chi connectivity index (χ3n) is 5.57. The maximum absolute atomic E-state index is 11.5. The number of anilines is 3. The number of non-ortho nitro benzene ring substituents is 1. The first-order valence-corrected chi connectivity index (χ1v) is 10.4. The van der Waals surface area contributed by atoms with Gasteiger partial charge in [-0.2, -0.15) is 0 Å². The summed E-state index contributed by atoms with van der Waals surface area (Å²) in [6.07, 6.45) is 3.73. The predicted molar refractivity (Wildman–Crippen MR) is 123 cm³/mol. The molecule has 4 aromatic rings. The van der Waals surface area contributed by atoms with Gasteiger partial charge in [-0.05, 0) is 18.2 Å². The molecule has 5 rings (SSSR count). The summed E-state index contributed by atoms with van der Waals surface area (Å²) in [5, 5.41) is 15.8. The third kappa shape index (κ3) is 3.85. The third-order valence-corrected chi connectivity index (χ3v) is 5.57. The van der Waals surface area contributed by atoms with E-state index < -0.39 is 0 Å². The van der Waals surface area contributed by atoms with Crippen LogP contribution >= 0.6 is 0 Å². The van der Waals surface area contributed by atoms with Crippen molar-refractivity contribution in [1.82, 2.24) is 14.5 Å². The molecule has 0 unspecified atom stereocenters. The Hall–Kier alpha value is -3.98. The number of aromatic nitrogens is 3. The first kappa shape index (κ1) is 20.0.